The number of ether oxygens (including phenoxy) is 1. The van der Waals surface area contributed by atoms with Gasteiger partial charge < -0.3 is 20.8 Å². The predicted octanol–water partition coefficient (Wildman–Crippen LogP) is 7.72. The summed E-state index contributed by atoms with van der Waals surface area (Å²) in [5.41, 5.74) is 9.21. The second kappa shape index (κ2) is 20.3. The van der Waals surface area contributed by atoms with Crippen molar-refractivity contribution in [2.75, 3.05) is 30.3 Å². The van der Waals surface area contributed by atoms with E-state index in [1.54, 1.807) is 11.3 Å². The van der Waals surface area contributed by atoms with Crippen LogP contribution in [0.15, 0.2) is 42.6 Å². The topological polar surface area (TPSA) is 88.1 Å². The molecular weight excluding hydrogens is 466 g/mol. The first kappa shape index (κ1) is 33.1. The van der Waals surface area contributed by atoms with E-state index < -0.39 is 0 Å². The van der Waals surface area contributed by atoms with Gasteiger partial charge in [-0.05, 0) is 32.3 Å². The van der Waals surface area contributed by atoms with Crippen LogP contribution in [0.25, 0.3) is 0 Å². The quantitative estimate of drug-likeness (QED) is 0.271. The molecule has 3 aromatic rings. The van der Waals surface area contributed by atoms with E-state index in [-0.39, 0.29) is 0 Å². The van der Waals surface area contributed by atoms with E-state index in [1.807, 2.05) is 84.1 Å². The van der Waals surface area contributed by atoms with E-state index in [4.69, 9.17) is 15.9 Å². The van der Waals surface area contributed by atoms with Crippen molar-refractivity contribution in [2.45, 2.75) is 74.7 Å². The number of nitrogens with two attached hydrogens (primary N) is 1. The molecule has 0 fully saturated rings. The van der Waals surface area contributed by atoms with E-state index in [1.165, 1.54) is 16.7 Å². The molecule has 0 bridgehead atoms. The number of thiazole rings is 1. The Bertz CT molecular complexity index is 968. The normalized spacial score (nSPS) is 9.44. The van der Waals surface area contributed by atoms with E-state index >= 15 is 0 Å². The van der Waals surface area contributed by atoms with Crippen molar-refractivity contribution in [1.82, 2.24) is 9.97 Å². The summed E-state index contributed by atoms with van der Waals surface area (Å²) in [5, 5.41) is 8.00. The van der Waals surface area contributed by atoms with Crippen LogP contribution in [-0.2, 0) is 6.42 Å². The van der Waals surface area contributed by atoms with Crippen LogP contribution in [0.2, 0.25) is 0 Å². The van der Waals surface area contributed by atoms with Crippen LogP contribution >= 0.6 is 11.3 Å². The first-order valence-electron chi connectivity index (χ1n) is 13.1. The molecule has 200 valence electrons. The lowest BCUT2D eigenvalue weighted by Gasteiger charge is -2.24. The maximum Gasteiger partial charge on any atom is 0.217 e. The fraction of sp³-hybridized carbons (Fsp3) is 0.483. The molecular formula is C29H47N5OS. The fourth-order valence-corrected chi connectivity index (χ4v) is 3.99. The van der Waals surface area contributed by atoms with Gasteiger partial charge in [-0.2, -0.15) is 4.98 Å². The lowest BCUT2D eigenvalue weighted by molar-refractivity contribution is 0.311. The van der Waals surface area contributed by atoms with E-state index in [9.17, 15) is 0 Å². The van der Waals surface area contributed by atoms with Gasteiger partial charge in [-0.3, -0.25) is 0 Å². The highest BCUT2D eigenvalue weighted by Gasteiger charge is 2.09. The summed E-state index contributed by atoms with van der Waals surface area (Å²) in [6.45, 7) is 19.0. The Morgan fingerprint density at radius 1 is 1.03 bits per heavy atom. The van der Waals surface area contributed by atoms with Gasteiger partial charge in [-0.15, -0.1) is 11.3 Å². The number of pyridine rings is 1. The van der Waals surface area contributed by atoms with Crippen molar-refractivity contribution < 1.29 is 4.74 Å². The van der Waals surface area contributed by atoms with Gasteiger partial charge >= 0.3 is 0 Å². The highest BCUT2D eigenvalue weighted by atomic mass is 32.1. The second-order valence-corrected chi connectivity index (χ2v) is 8.90. The highest BCUT2D eigenvalue weighted by Crippen LogP contribution is 2.23. The second-order valence-electron chi connectivity index (χ2n) is 7.58. The number of anilines is 2. The molecule has 1 aromatic carbocycles. The number of hydrogen-bond acceptors (Lipinski definition) is 7. The third-order valence-corrected chi connectivity index (χ3v) is 5.61. The first-order valence-corrected chi connectivity index (χ1v) is 13.9. The lowest BCUT2D eigenvalue weighted by atomic mass is 10.2. The molecule has 0 aliphatic carbocycles. The van der Waals surface area contributed by atoms with E-state index in [2.05, 4.69) is 28.7 Å². The summed E-state index contributed by atoms with van der Waals surface area (Å²) in [6.07, 6.45) is 6.30. The Morgan fingerprint density at radius 2 is 1.69 bits per heavy atom. The van der Waals surface area contributed by atoms with Gasteiger partial charge in [0.1, 0.15) is 5.82 Å². The molecule has 36 heavy (non-hydrogen) atoms. The molecule has 0 aliphatic rings. The van der Waals surface area contributed by atoms with Crippen molar-refractivity contribution in [3.63, 3.8) is 0 Å². The Hall–Kier alpha value is -2.93. The fourth-order valence-electron chi connectivity index (χ4n) is 3.21. The average molecular weight is 514 g/mol. The van der Waals surface area contributed by atoms with Gasteiger partial charge in [0, 0.05) is 54.6 Å². The molecule has 0 saturated heterocycles. The van der Waals surface area contributed by atoms with Crippen molar-refractivity contribution in [2.24, 2.45) is 0 Å². The number of aromatic nitrogens is 2. The Morgan fingerprint density at radius 3 is 2.19 bits per heavy atom. The number of rotatable bonds is 10. The third-order valence-electron chi connectivity index (χ3n) is 4.63. The average Bonchev–Trinajstić information content (AvgIpc) is 3.31. The minimum Gasteiger partial charge on any atom is -0.477 e. The van der Waals surface area contributed by atoms with Crippen LogP contribution in [0.3, 0.4) is 0 Å². The third kappa shape index (κ3) is 13.2. The molecule has 0 aliphatic heterocycles. The number of nitrogen functional groups attached to an aromatic ring is 1. The smallest absolute Gasteiger partial charge is 0.217 e. The maximum atomic E-state index is 6.92. The zero-order chi connectivity index (χ0) is 27.3. The van der Waals surface area contributed by atoms with Gasteiger partial charge in [0.25, 0.3) is 0 Å². The molecule has 0 amide bonds. The van der Waals surface area contributed by atoms with E-state index in [0.717, 1.165) is 48.6 Å². The van der Waals surface area contributed by atoms with Crippen molar-refractivity contribution in [1.29, 1.82) is 5.41 Å². The summed E-state index contributed by atoms with van der Waals surface area (Å²) < 4.78 is 5.81. The standard InChI is InChI=1S/C17H26N4OS.C8H9N.2C2H6/c1-4-7-21(8-5-2)14-10-16(18)20-17(11-14)22-9-6-15-12-19-13(3)23-15;1-7-3-2-4-8(5-7)6-9;2*1-2/h10-12H,4-9H2,1-3H3,(H2,18,20);2-6,9H,1H3;2*1-2H3. The van der Waals surface area contributed by atoms with Crippen molar-refractivity contribution >= 4 is 29.1 Å². The zero-order valence-electron chi connectivity index (χ0n) is 23.6. The molecule has 2 heterocycles. The van der Waals surface area contributed by atoms with Gasteiger partial charge in [-0.25, -0.2) is 4.98 Å². The largest absolute Gasteiger partial charge is 0.477 e. The van der Waals surface area contributed by atoms with Crippen LogP contribution in [-0.4, -0.2) is 35.9 Å². The van der Waals surface area contributed by atoms with Crippen LogP contribution in [0, 0.1) is 19.3 Å². The Kier molecular flexibility index (Phi) is 18.6. The SMILES string of the molecule is CC.CC.CCCN(CCC)c1cc(N)nc(OCCc2cnc(C)s2)c1.Cc1cccc(C=N)c1. The highest BCUT2D eigenvalue weighted by molar-refractivity contribution is 7.11. The minimum absolute atomic E-state index is 0.503. The summed E-state index contributed by atoms with van der Waals surface area (Å²) in [4.78, 5) is 12.1. The number of aryl methyl sites for hydroxylation is 2. The van der Waals surface area contributed by atoms with Crippen LogP contribution < -0.4 is 15.4 Å². The summed E-state index contributed by atoms with van der Waals surface area (Å²) in [6, 6.07) is 11.8. The lowest BCUT2D eigenvalue weighted by Crippen LogP contribution is -2.25. The summed E-state index contributed by atoms with van der Waals surface area (Å²) >= 11 is 1.70. The molecule has 6 nitrogen and oxygen atoms in total. The minimum atomic E-state index is 0.503. The molecule has 0 radical (unpaired) electrons. The molecule has 2 aromatic heterocycles. The van der Waals surface area contributed by atoms with Crippen LogP contribution in [0.5, 0.6) is 5.88 Å². The van der Waals surface area contributed by atoms with Gasteiger partial charge in [0.2, 0.25) is 5.88 Å². The number of hydrogen-bond donors (Lipinski definition) is 2. The maximum absolute atomic E-state index is 6.92. The van der Waals surface area contributed by atoms with Gasteiger partial charge in [0.05, 0.1) is 11.6 Å². The molecule has 0 spiro atoms. The number of benzene rings is 1. The number of nitrogens with zero attached hydrogens (tertiary/aromatic N) is 3. The molecule has 7 heteroatoms. The Balaban J connectivity index is 0.000000783. The van der Waals surface area contributed by atoms with Crippen molar-refractivity contribution in [3.8, 4) is 5.88 Å². The molecule has 3 N–H and O–H groups in total. The number of nitrogens with one attached hydrogen (secondary N) is 1. The first-order chi connectivity index (χ1) is 17.4. The van der Waals surface area contributed by atoms with Crippen LogP contribution in [0.1, 0.15) is 75.4 Å². The molecule has 0 saturated carbocycles. The predicted molar refractivity (Wildman–Crippen MR) is 159 cm³/mol. The van der Waals surface area contributed by atoms with E-state index in [0.29, 0.717) is 18.3 Å². The zero-order valence-corrected chi connectivity index (χ0v) is 24.4. The Labute approximate surface area is 223 Å². The monoisotopic (exact) mass is 513 g/mol. The van der Waals surface area contributed by atoms with Gasteiger partial charge in [-0.1, -0.05) is 71.4 Å². The molecule has 3 rings (SSSR count). The summed E-state index contributed by atoms with van der Waals surface area (Å²) in [7, 11) is 0. The molecule has 0 unspecified atom stereocenters. The summed E-state index contributed by atoms with van der Waals surface area (Å²) in [5.74, 6) is 1.10. The molecule has 0 atom stereocenters. The van der Waals surface area contributed by atoms with Crippen LogP contribution in [0.4, 0.5) is 11.5 Å². The van der Waals surface area contributed by atoms with Gasteiger partial charge in [0.15, 0.2) is 0 Å². The van der Waals surface area contributed by atoms with Crippen molar-refractivity contribution in [3.05, 3.63) is 63.6 Å².